The summed E-state index contributed by atoms with van der Waals surface area (Å²) < 4.78 is 3.10. The Bertz CT molecular complexity index is 1460. The highest BCUT2D eigenvalue weighted by Gasteiger charge is 2.23. The summed E-state index contributed by atoms with van der Waals surface area (Å²) in [5.41, 5.74) is 7.35. The van der Waals surface area contributed by atoms with Gasteiger partial charge in [-0.3, -0.25) is 4.40 Å². The highest BCUT2D eigenvalue weighted by atomic mass is 35.5. The van der Waals surface area contributed by atoms with Crippen molar-refractivity contribution in [2.45, 2.75) is 56.4 Å². The summed E-state index contributed by atoms with van der Waals surface area (Å²) in [6, 6.07) is 7.93. The van der Waals surface area contributed by atoms with Crippen molar-refractivity contribution in [1.82, 2.24) is 24.6 Å². The lowest BCUT2D eigenvalue weighted by atomic mass is 9.88. The fraction of sp³-hybridized carbons (Fsp3) is 0.333. The smallest absolute Gasteiger partial charge is 0.197 e. The monoisotopic (exact) mass is 479 g/mol. The highest BCUT2D eigenvalue weighted by molar-refractivity contribution is 7.98. The van der Waals surface area contributed by atoms with Gasteiger partial charge in [0.15, 0.2) is 10.8 Å². The van der Waals surface area contributed by atoms with E-state index in [1.807, 2.05) is 35.0 Å². The van der Waals surface area contributed by atoms with Crippen LogP contribution in [0.5, 0.6) is 0 Å². The van der Waals surface area contributed by atoms with Crippen molar-refractivity contribution in [2.24, 2.45) is 0 Å². The molecule has 0 saturated heterocycles. The second-order valence-electron chi connectivity index (χ2n) is 8.27. The fourth-order valence-corrected chi connectivity index (χ4v) is 6.79. The zero-order valence-corrected chi connectivity index (χ0v) is 20.2. The second kappa shape index (κ2) is 8.28. The van der Waals surface area contributed by atoms with Gasteiger partial charge in [0.1, 0.15) is 15.9 Å². The van der Waals surface area contributed by atoms with Crippen molar-refractivity contribution in [1.29, 1.82) is 0 Å². The Morgan fingerprint density at radius 3 is 2.72 bits per heavy atom. The van der Waals surface area contributed by atoms with Crippen LogP contribution in [0.4, 0.5) is 0 Å². The van der Waals surface area contributed by atoms with Gasteiger partial charge in [-0.05, 0) is 60.9 Å². The van der Waals surface area contributed by atoms with Gasteiger partial charge in [0.05, 0.1) is 5.52 Å². The van der Waals surface area contributed by atoms with Crippen LogP contribution in [0.1, 0.15) is 48.6 Å². The van der Waals surface area contributed by atoms with Crippen LogP contribution in [-0.4, -0.2) is 24.6 Å². The van der Waals surface area contributed by atoms with Gasteiger partial charge in [0.2, 0.25) is 0 Å². The Balaban J connectivity index is 1.46. The Kier molecular flexibility index (Phi) is 5.28. The van der Waals surface area contributed by atoms with E-state index in [0.717, 1.165) is 62.3 Å². The summed E-state index contributed by atoms with van der Waals surface area (Å²) in [5.74, 6) is 0.803. The first-order valence-electron chi connectivity index (χ1n) is 11.1. The average molecular weight is 480 g/mol. The largest absolute Gasteiger partial charge is 0.259 e. The van der Waals surface area contributed by atoms with Crippen molar-refractivity contribution in [2.75, 3.05) is 0 Å². The molecule has 162 valence electrons. The average Bonchev–Trinajstić information content (AvgIpc) is 3.40. The number of halogens is 1. The molecular formula is C24H22ClN5S2. The summed E-state index contributed by atoms with van der Waals surface area (Å²) in [6.45, 7) is 2.23. The standard InChI is InChI=1S/C24H22ClN5S2/c1-2-5-18-16-6-3-4-7-17(16)19-20-21(32-23(19)27-18)22-28-29-24(30(22)13-26-20)31-12-14-8-10-15(25)11-9-14/h8-11,13H,2-7,12H2,1H3. The van der Waals surface area contributed by atoms with Crippen LogP contribution in [0.3, 0.4) is 0 Å². The number of thiophene rings is 1. The van der Waals surface area contributed by atoms with Gasteiger partial charge in [-0.1, -0.05) is 48.8 Å². The molecule has 0 bridgehead atoms. The molecule has 0 aliphatic heterocycles. The first-order chi connectivity index (χ1) is 15.7. The molecule has 5 nitrogen and oxygen atoms in total. The third kappa shape index (κ3) is 3.38. The van der Waals surface area contributed by atoms with E-state index in [0.29, 0.717) is 0 Å². The van der Waals surface area contributed by atoms with Gasteiger partial charge in [0, 0.05) is 21.9 Å². The predicted molar refractivity (Wildman–Crippen MR) is 133 cm³/mol. The van der Waals surface area contributed by atoms with Crippen LogP contribution >= 0.6 is 34.7 Å². The van der Waals surface area contributed by atoms with Gasteiger partial charge >= 0.3 is 0 Å². The number of hydrogen-bond acceptors (Lipinski definition) is 6. The molecule has 0 radical (unpaired) electrons. The SMILES string of the molecule is CCCc1nc2sc3c(ncn4c(SCc5ccc(Cl)cc5)nnc34)c2c2c1CCCC2. The predicted octanol–water partition coefficient (Wildman–Crippen LogP) is 6.66. The zero-order chi connectivity index (χ0) is 21.7. The summed E-state index contributed by atoms with van der Waals surface area (Å²) in [7, 11) is 0. The normalized spacial score (nSPS) is 13.9. The van der Waals surface area contributed by atoms with Gasteiger partial charge in [0.25, 0.3) is 0 Å². The van der Waals surface area contributed by atoms with Crippen LogP contribution in [0.2, 0.25) is 5.02 Å². The minimum atomic E-state index is 0.751. The molecule has 4 aromatic heterocycles. The number of nitrogens with zero attached hydrogens (tertiary/aromatic N) is 5. The van der Waals surface area contributed by atoms with Gasteiger partial charge < -0.3 is 0 Å². The fourth-order valence-electron chi connectivity index (χ4n) is 4.65. The van der Waals surface area contributed by atoms with E-state index in [9.17, 15) is 0 Å². The van der Waals surface area contributed by atoms with E-state index in [1.165, 1.54) is 40.6 Å². The van der Waals surface area contributed by atoms with Crippen molar-refractivity contribution in [3.8, 4) is 0 Å². The van der Waals surface area contributed by atoms with Crippen molar-refractivity contribution >= 4 is 60.8 Å². The number of rotatable bonds is 5. The number of aryl methyl sites for hydroxylation is 2. The topological polar surface area (TPSA) is 56.0 Å². The lowest BCUT2D eigenvalue weighted by molar-refractivity contribution is 0.675. The number of benzene rings is 1. The maximum absolute atomic E-state index is 6.00. The zero-order valence-electron chi connectivity index (χ0n) is 17.8. The molecule has 0 atom stereocenters. The molecule has 1 aliphatic carbocycles. The second-order valence-corrected chi connectivity index (χ2v) is 10.6. The lowest BCUT2D eigenvalue weighted by Gasteiger charge is -2.19. The van der Waals surface area contributed by atoms with E-state index in [-0.39, 0.29) is 0 Å². The Labute approximate surface area is 199 Å². The molecule has 0 unspecified atom stereocenters. The molecule has 0 amide bonds. The van der Waals surface area contributed by atoms with Crippen molar-refractivity contribution in [3.63, 3.8) is 0 Å². The molecule has 0 saturated carbocycles. The first kappa shape index (κ1) is 20.4. The molecule has 1 aliphatic rings. The van der Waals surface area contributed by atoms with E-state index in [4.69, 9.17) is 21.6 Å². The molecule has 5 aromatic rings. The molecule has 0 fully saturated rings. The van der Waals surface area contributed by atoms with Crippen LogP contribution in [0.25, 0.3) is 26.1 Å². The number of fused-ring (bicyclic) bond motifs is 7. The molecule has 0 spiro atoms. The Hall–Kier alpha value is -2.22. The molecule has 6 rings (SSSR count). The van der Waals surface area contributed by atoms with Gasteiger partial charge in [-0.25, -0.2) is 9.97 Å². The van der Waals surface area contributed by atoms with Gasteiger partial charge in [-0.2, -0.15) is 0 Å². The maximum Gasteiger partial charge on any atom is 0.197 e. The van der Waals surface area contributed by atoms with Crippen molar-refractivity contribution in [3.05, 3.63) is 58.0 Å². The Morgan fingerprint density at radius 1 is 1.09 bits per heavy atom. The van der Waals surface area contributed by atoms with E-state index in [1.54, 1.807) is 23.1 Å². The third-order valence-corrected chi connectivity index (χ3v) is 8.49. The van der Waals surface area contributed by atoms with E-state index in [2.05, 4.69) is 17.1 Å². The Morgan fingerprint density at radius 2 is 1.91 bits per heavy atom. The number of pyridine rings is 1. The molecular weight excluding hydrogens is 458 g/mol. The summed E-state index contributed by atoms with van der Waals surface area (Å²) in [5, 5.41) is 11.9. The molecule has 1 aromatic carbocycles. The van der Waals surface area contributed by atoms with E-state index < -0.39 is 0 Å². The number of aromatic nitrogens is 5. The van der Waals surface area contributed by atoms with Gasteiger partial charge in [-0.15, -0.1) is 21.5 Å². The quantitative estimate of drug-likeness (QED) is 0.264. The summed E-state index contributed by atoms with van der Waals surface area (Å²) in [6.07, 6.45) is 8.82. The minimum Gasteiger partial charge on any atom is -0.259 e. The molecule has 0 N–H and O–H groups in total. The minimum absolute atomic E-state index is 0.751. The van der Waals surface area contributed by atoms with E-state index >= 15 is 0 Å². The van der Waals surface area contributed by atoms with Crippen molar-refractivity contribution < 1.29 is 0 Å². The summed E-state index contributed by atoms with van der Waals surface area (Å²) in [4.78, 5) is 11.1. The number of hydrogen-bond donors (Lipinski definition) is 0. The third-order valence-electron chi connectivity index (χ3n) is 6.16. The first-order valence-corrected chi connectivity index (χ1v) is 13.2. The maximum atomic E-state index is 6.00. The lowest BCUT2D eigenvalue weighted by Crippen LogP contribution is -2.09. The van der Waals surface area contributed by atoms with Crippen LogP contribution in [0.15, 0.2) is 35.7 Å². The summed E-state index contributed by atoms with van der Waals surface area (Å²) >= 11 is 9.38. The molecule has 8 heteroatoms. The molecule has 4 heterocycles. The number of thioether (sulfide) groups is 1. The van der Waals surface area contributed by atoms with Crippen LogP contribution < -0.4 is 0 Å². The highest BCUT2D eigenvalue weighted by Crippen LogP contribution is 2.40. The van der Waals surface area contributed by atoms with Crippen LogP contribution in [-0.2, 0) is 25.0 Å². The van der Waals surface area contributed by atoms with Crippen LogP contribution in [0, 0.1) is 0 Å². The molecule has 32 heavy (non-hydrogen) atoms.